The number of rotatable bonds is 3. The standard InChI is InChI=1S/C11H14ClNO2/c1-7(14)6-13-8(2)10-5-9(12)3-4-11(10)15/h3-5,7,14-15H,6H2,1-2H3/t7-/m0/s1. The fourth-order valence-corrected chi connectivity index (χ4v) is 1.32. The second-order valence-electron chi connectivity index (χ2n) is 3.44. The summed E-state index contributed by atoms with van der Waals surface area (Å²) in [6.45, 7) is 3.75. The number of aromatic hydroxyl groups is 1. The largest absolute Gasteiger partial charge is 0.507 e. The summed E-state index contributed by atoms with van der Waals surface area (Å²) in [6.07, 6.45) is -0.485. The molecule has 0 aliphatic carbocycles. The molecule has 3 nitrogen and oxygen atoms in total. The van der Waals surface area contributed by atoms with Crippen molar-refractivity contribution in [3.05, 3.63) is 28.8 Å². The molecule has 0 heterocycles. The van der Waals surface area contributed by atoms with Gasteiger partial charge < -0.3 is 10.2 Å². The number of nitrogens with zero attached hydrogens (tertiary/aromatic N) is 1. The monoisotopic (exact) mass is 227 g/mol. The van der Waals surface area contributed by atoms with Crippen LogP contribution in [0.5, 0.6) is 5.75 Å². The van der Waals surface area contributed by atoms with Crippen molar-refractivity contribution in [2.45, 2.75) is 20.0 Å². The zero-order chi connectivity index (χ0) is 11.4. The van der Waals surface area contributed by atoms with Crippen molar-refractivity contribution in [3.8, 4) is 5.75 Å². The topological polar surface area (TPSA) is 52.8 Å². The van der Waals surface area contributed by atoms with Gasteiger partial charge in [-0.3, -0.25) is 4.99 Å². The predicted molar refractivity (Wildman–Crippen MR) is 61.9 cm³/mol. The van der Waals surface area contributed by atoms with Crippen LogP contribution >= 0.6 is 11.6 Å². The molecule has 1 aromatic carbocycles. The number of phenolic OH excluding ortho intramolecular Hbond substituents is 1. The molecule has 0 spiro atoms. The van der Waals surface area contributed by atoms with Crippen molar-refractivity contribution in [2.24, 2.45) is 4.99 Å². The minimum atomic E-state index is -0.485. The summed E-state index contributed by atoms with van der Waals surface area (Å²) in [7, 11) is 0. The first-order valence-corrected chi connectivity index (χ1v) is 5.06. The van der Waals surface area contributed by atoms with Crippen LogP contribution in [0.4, 0.5) is 0 Å². The Kier molecular flexibility index (Phi) is 4.12. The van der Waals surface area contributed by atoms with Gasteiger partial charge in [0.05, 0.1) is 12.6 Å². The van der Waals surface area contributed by atoms with E-state index in [0.29, 0.717) is 22.8 Å². The van der Waals surface area contributed by atoms with Gasteiger partial charge in [0.1, 0.15) is 5.75 Å². The van der Waals surface area contributed by atoms with E-state index in [2.05, 4.69) is 4.99 Å². The normalized spacial score (nSPS) is 14.0. The quantitative estimate of drug-likeness (QED) is 0.779. The van der Waals surface area contributed by atoms with Crippen molar-refractivity contribution in [1.82, 2.24) is 0 Å². The molecule has 0 aliphatic rings. The highest BCUT2D eigenvalue weighted by Gasteiger charge is 2.05. The van der Waals surface area contributed by atoms with E-state index in [0.717, 1.165) is 0 Å². The van der Waals surface area contributed by atoms with E-state index in [1.54, 1.807) is 26.0 Å². The molecule has 0 radical (unpaired) electrons. The number of phenols is 1. The number of halogens is 1. The Morgan fingerprint density at radius 2 is 2.20 bits per heavy atom. The molecule has 0 unspecified atom stereocenters. The highest BCUT2D eigenvalue weighted by Crippen LogP contribution is 2.22. The zero-order valence-electron chi connectivity index (χ0n) is 8.74. The van der Waals surface area contributed by atoms with Gasteiger partial charge in [-0.2, -0.15) is 0 Å². The van der Waals surface area contributed by atoms with Gasteiger partial charge in [-0.05, 0) is 32.0 Å². The first-order chi connectivity index (χ1) is 7.00. The Hall–Kier alpha value is -1.06. The van der Waals surface area contributed by atoms with Crippen LogP contribution in [-0.4, -0.2) is 28.6 Å². The Balaban J connectivity index is 2.94. The molecule has 0 saturated carbocycles. The minimum Gasteiger partial charge on any atom is -0.507 e. The molecule has 0 bridgehead atoms. The Morgan fingerprint density at radius 3 is 2.80 bits per heavy atom. The molecule has 2 N–H and O–H groups in total. The van der Waals surface area contributed by atoms with Gasteiger partial charge in [0.25, 0.3) is 0 Å². The van der Waals surface area contributed by atoms with Crippen molar-refractivity contribution >= 4 is 17.3 Å². The lowest BCUT2D eigenvalue weighted by atomic mass is 10.1. The average molecular weight is 228 g/mol. The van der Waals surface area contributed by atoms with Crippen LogP contribution in [0.25, 0.3) is 0 Å². The summed E-state index contributed by atoms with van der Waals surface area (Å²) in [5.41, 5.74) is 1.26. The molecule has 0 amide bonds. The molecule has 4 heteroatoms. The number of hydrogen-bond acceptors (Lipinski definition) is 3. The molecule has 1 rings (SSSR count). The molecule has 0 aromatic heterocycles. The zero-order valence-corrected chi connectivity index (χ0v) is 9.49. The van der Waals surface area contributed by atoms with E-state index in [-0.39, 0.29) is 5.75 Å². The van der Waals surface area contributed by atoms with Crippen LogP contribution in [0.3, 0.4) is 0 Å². The van der Waals surface area contributed by atoms with E-state index in [9.17, 15) is 5.11 Å². The van der Waals surface area contributed by atoms with Crippen molar-refractivity contribution in [2.75, 3.05) is 6.54 Å². The lowest BCUT2D eigenvalue weighted by Gasteiger charge is -2.05. The summed E-state index contributed by atoms with van der Waals surface area (Å²) in [4.78, 5) is 4.14. The van der Waals surface area contributed by atoms with Gasteiger partial charge in [-0.15, -0.1) is 0 Å². The molecule has 15 heavy (non-hydrogen) atoms. The Labute approximate surface area is 94.0 Å². The number of aliphatic hydroxyl groups excluding tert-OH is 1. The first-order valence-electron chi connectivity index (χ1n) is 4.68. The van der Waals surface area contributed by atoms with Crippen LogP contribution in [0, 0.1) is 0 Å². The highest BCUT2D eigenvalue weighted by atomic mass is 35.5. The van der Waals surface area contributed by atoms with Crippen LogP contribution in [0.2, 0.25) is 5.02 Å². The molecule has 0 aliphatic heterocycles. The molecular weight excluding hydrogens is 214 g/mol. The molecule has 82 valence electrons. The maximum Gasteiger partial charge on any atom is 0.124 e. The fraction of sp³-hybridized carbons (Fsp3) is 0.364. The third-order valence-electron chi connectivity index (χ3n) is 1.94. The van der Waals surface area contributed by atoms with Gasteiger partial charge in [0, 0.05) is 16.3 Å². The third-order valence-corrected chi connectivity index (χ3v) is 2.18. The molecule has 0 saturated heterocycles. The summed E-state index contributed by atoms with van der Waals surface area (Å²) >= 11 is 5.81. The minimum absolute atomic E-state index is 0.145. The maximum absolute atomic E-state index is 9.57. The van der Waals surface area contributed by atoms with Crippen LogP contribution in [-0.2, 0) is 0 Å². The van der Waals surface area contributed by atoms with E-state index < -0.39 is 6.10 Å². The van der Waals surface area contributed by atoms with Crippen molar-refractivity contribution in [3.63, 3.8) is 0 Å². The van der Waals surface area contributed by atoms with Gasteiger partial charge in [-0.25, -0.2) is 0 Å². The van der Waals surface area contributed by atoms with Crippen LogP contribution in [0.15, 0.2) is 23.2 Å². The van der Waals surface area contributed by atoms with Crippen molar-refractivity contribution < 1.29 is 10.2 Å². The number of benzene rings is 1. The Bertz CT molecular complexity index is 375. The molecule has 0 fully saturated rings. The van der Waals surface area contributed by atoms with Crippen LogP contribution in [0.1, 0.15) is 19.4 Å². The lowest BCUT2D eigenvalue weighted by Crippen LogP contribution is -2.07. The molecular formula is C11H14ClNO2. The molecule has 1 atom stereocenters. The van der Waals surface area contributed by atoms with E-state index in [4.69, 9.17) is 16.7 Å². The van der Waals surface area contributed by atoms with E-state index >= 15 is 0 Å². The fourth-order valence-electron chi connectivity index (χ4n) is 1.15. The third kappa shape index (κ3) is 3.53. The number of aliphatic hydroxyl groups is 1. The highest BCUT2D eigenvalue weighted by molar-refractivity contribution is 6.31. The van der Waals surface area contributed by atoms with Gasteiger partial charge in [0.15, 0.2) is 0 Å². The van der Waals surface area contributed by atoms with Gasteiger partial charge in [-0.1, -0.05) is 11.6 Å². The summed E-state index contributed by atoms with van der Waals surface area (Å²) in [5, 5.41) is 19.2. The second-order valence-corrected chi connectivity index (χ2v) is 3.87. The summed E-state index contributed by atoms with van der Waals surface area (Å²) in [6, 6.07) is 4.79. The predicted octanol–water partition coefficient (Wildman–Crippen LogP) is 2.24. The smallest absolute Gasteiger partial charge is 0.124 e. The van der Waals surface area contributed by atoms with Gasteiger partial charge >= 0.3 is 0 Å². The number of hydrogen-bond donors (Lipinski definition) is 2. The summed E-state index contributed by atoms with van der Waals surface area (Å²) < 4.78 is 0. The SMILES string of the molecule is CC(=NC[C@H](C)O)c1cc(Cl)ccc1O. The van der Waals surface area contributed by atoms with Crippen LogP contribution < -0.4 is 0 Å². The van der Waals surface area contributed by atoms with E-state index in [1.807, 2.05) is 0 Å². The second kappa shape index (κ2) is 5.14. The average Bonchev–Trinajstić information content (AvgIpc) is 2.18. The van der Waals surface area contributed by atoms with Gasteiger partial charge in [0.2, 0.25) is 0 Å². The lowest BCUT2D eigenvalue weighted by molar-refractivity contribution is 0.204. The first kappa shape index (κ1) is 12.0. The van der Waals surface area contributed by atoms with Crippen molar-refractivity contribution in [1.29, 1.82) is 0 Å². The van der Waals surface area contributed by atoms with E-state index in [1.165, 1.54) is 6.07 Å². The Morgan fingerprint density at radius 1 is 1.53 bits per heavy atom. The number of aliphatic imine (C=N–C) groups is 1. The maximum atomic E-state index is 9.57. The summed E-state index contributed by atoms with van der Waals surface area (Å²) in [5.74, 6) is 0.145. The molecule has 1 aromatic rings.